The molecule has 0 unspecified atom stereocenters. The predicted octanol–water partition coefficient (Wildman–Crippen LogP) is 2.37. The van der Waals surface area contributed by atoms with Gasteiger partial charge in [-0.05, 0) is 12.1 Å². The molecule has 18 heavy (non-hydrogen) atoms. The SMILES string of the molecule is COc1cccc(-c2cc(CCC(=O)O)no2)c1. The fraction of sp³-hybridized carbons (Fsp3) is 0.231. The zero-order valence-corrected chi connectivity index (χ0v) is 9.92. The van der Waals surface area contributed by atoms with Gasteiger partial charge in [0.1, 0.15) is 5.75 Å². The number of nitrogens with zero attached hydrogens (tertiary/aromatic N) is 1. The molecule has 2 aromatic rings. The van der Waals surface area contributed by atoms with Crippen molar-refractivity contribution in [2.45, 2.75) is 12.8 Å². The molecule has 1 aromatic carbocycles. The standard InChI is InChI=1S/C13H13NO4/c1-17-11-4-2-3-9(7-11)12-8-10(14-18-12)5-6-13(15)16/h2-4,7-8H,5-6H2,1H3,(H,15,16). The summed E-state index contributed by atoms with van der Waals surface area (Å²) in [5.41, 5.74) is 1.48. The van der Waals surface area contributed by atoms with E-state index in [-0.39, 0.29) is 6.42 Å². The maximum atomic E-state index is 10.5. The summed E-state index contributed by atoms with van der Waals surface area (Å²) in [5.74, 6) is 0.492. The Balaban J connectivity index is 2.15. The van der Waals surface area contributed by atoms with E-state index >= 15 is 0 Å². The molecule has 1 heterocycles. The van der Waals surface area contributed by atoms with Crippen LogP contribution >= 0.6 is 0 Å². The van der Waals surface area contributed by atoms with E-state index in [4.69, 9.17) is 14.4 Å². The zero-order chi connectivity index (χ0) is 13.0. The van der Waals surface area contributed by atoms with Crippen molar-refractivity contribution >= 4 is 5.97 Å². The van der Waals surface area contributed by atoms with Gasteiger partial charge in [0, 0.05) is 18.1 Å². The summed E-state index contributed by atoms with van der Waals surface area (Å²) >= 11 is 0. The predicted molar refractivity (Wildman–Crippen MR) is 64.4 cm³/mol. The highest BCUT2D eigenvalue weighted by Gasteiger charge is 2.08. The highest BCUT2D eigenvalue weighted by molar-refractivity contribution is 5.67. The number of methoxy groups -OCH3 is 1. The molecule has 5 nitrogen and oxygen atoms in total. The van der Waals surface area contributed by atoms with Gasteiger partial charge < -0.3 is 14.4 Å². The highest BCUT2D eigenvalue weighted by Crippen LogP contribution is 2.24. The Morgan fingerprint density at radius 2 is 2.28 bits per heavy atom. The molecule has 0 saturated heterocycles. The van der Waals surface area contributed by atoms with Gasteiger partial charge in [0.2, 0.25) is 0 Å². The second-order valence-corrected chi connectivity index (χ2v) is 3.81. The fourth-order valence-electron chi connectivity index (χ4n) is 1.58. The van der Waals surface area contributed by atoms with E-state index < -0.39 is 5.97 Å². The number of aromatic nitrogens is 1. The summed E-state index contributed by atoms with van der Waals surface area (Å²) in [6, 6.07) is 9.15. The number of aryl methyl sites for hydroxylation is 1. The van der Waals surface area contributed by atoms with Crippen LogP contribution in [-0.2, 0) is 11.2 Å². The Labute approximate surface area is 104 Å². The van der Waals surface area contributed by atoms with Crippen LogP contribution in [0.5, 0.6) is 5.75 Å². The lowest BCUT2D eigenvalue weighted by Crippen LogP contribution is -1.97. The smallest absolute Gasteiger partial charge is 0.303 e. The van der Waals surface area contributed by atoms with Crippen molar-refractivity contribution in [3.05, 3.63) is 36.0 Å². The molecule has 5 heteroatoms. The van der Waals surface area contributed by atoms with Gasteiger partial charge in [0.15, 0.2) is 5.76 Å². The summed E-state index contributed by atoms with van der Waals surface area (Å²) in [6.45, 7) is 0. The molecule has 0 fully saturated rings. The van der Waals surface area contributed by atoms with Crippen molar-refractivity contribution in [3.8, 4) is 17.1 Å². The lowest BCUT2D eigenvalue weighted by Gasteiger charge is -2.00. The lowest BCUT2D eigenvalue weighted by atomic mass is 10.1. The van der Waals surface area contributed by atoms with E-state index in [1.165, 1.54) is 0 Å². The fourth-order valence-corrected chi connectivity index (χ4v) is 1.58. The first-order valence-corrected chi connectivity index (χ1v) is 5.51. The van der Waals surface area contributed by atoms with E-state index in [1.54, 1.807) is 13.2 Å². The molecule has 0 aliphatic rings. The minimum absolute atomic E-state index is 0.0457. The van der Waals surface area contributed by atoms with Gasteiger partial charge in [-0.25, -0.2) is 0 Å². The molecule has 0 atom stereocenters. The average Bonchev–Trinajstić information content (AvgIpc) is 2.85. The van der Waals surface area contributed by atoms with Gasteiger partial charge in [-0.1, -0.05) is 17.3 Å². The number of aliphatic carboxylic acids is 1. The molecule has 0 radical (unpaired) electrons. The molecule has 0 bridgehead atoms. The molecule has 1 N–H and O–H groups in total. The number of hydrogen-bond donors (Lipinski definition) is 1. The first kappa shape index (κ1) is 12.2. The van der Waals surface area contributed by atoms with Crippen molar-refractivity contribution in [2.24, 2.45) is 0 Å². The summed E-state index contributed by atoms with van der Waals surface area (Å²) in [5, 5.41) is 12.4. The molecule has 2 rings (SSSR count). The van der Waals surface area contributed by atoms with Crippen LogP contribution in [0.3, 0.4) is 0 Å². The van der Waals surface area contributed by atoms with Crippen LogP contribution in [0.15, 0.2) is 34.9 Å². The average molecular weight is 247 g/mol. The van der Waals surface area contributed by atoms with Crippen LogP contribution in [0.1, 0.15) is 12.1 Å². The van der Waals surface area contributed by atoms with E-state index in [1.807, 2.05) is 24.3 Å². The van der Waals surface area contributed by atoms with Gasteiger partial charge >= 0.3 is 5.97 Å². The van der Waals surface area contributed by atoms with E-state index in [0.717, 1.165) is 11.3 Å². The van der Waals surface area contributed by atoms with Gasteiger partial charge in [-0.3, -0.25) is 4.79 Å². The topological polar surface area (TPSA) is 72.6 Å². The van der Waals surface area contributed by atoms with Crippen LogP contribution in [0.4, 0.5) is 0 Å². The highest BCUT2D eigenvalue weighted by atomic mass is 16.5. The number of carboxylic acid groups (broad SMARTS) is 1. The lowest BCUT2D eigenvalue weighted by molar-refractivity contribution is -0.136. The van der Waals surface area contributed by atoms with Gasteiger partial charge in [0.25, 0.3) is 0 Å². The molecule has 0 aliphatic heterocycles. The molecule has 0 amide bonds. The van der Waals surface area contributed by atoms with Crippen LogP contribution in [-0.4, -0.2) is 23.3 Å². The third-order valence-corrected chi connectivity index (χ3v) is 2.51. The molecular formula is C13H13NO4. The van der Waals surface area contributed by atoms with Crippen molar-refractivity contribution in [2.75, 3.05) is 7.11 Å². The van der Waals surface area contributed by atoms with Crippen molar-refractivity contribution in [3.63, 3.8) is 0 Å². The number of ether oxygens (including phenoxy) is 1. The third-order valence-electron chi connectivity index (χ3n) is 2.51. The monoisotopic (exact) mass is 247 g/mol. The largest absolute Gasteiger partial charge is 0.497 e. The molecule has 0 aliphatic carbocycles. The first-order chi connectivity index (χ1) is 8.69. The Kier molecular flexibility index (Phi) is 3.62. The molecular weight excluding hydrogens is 234 g/mol. The Morgan fingerprint density at radius 3 is 3.00 bits per heavy atom. The molecule has 1 aromatic heterocycles. The summed E-state index contributed by atoms with van der Waals surface area (Å²) < 4.78 is 10.3. The Morgan fingerprint density at radius 1 is 1.44 bits per heavy atom. The Hall–Kier alpha value is -2.30. The summed E-state index contributed by atoms with van der Waals surface area (Å²) in [7, 11) is 1.60. The summed E-state index contributed by atoms with van der Waals surface area (Å²) in [4.78, 5) is 10.5. The molecule has 94 valence electrons. The quantitative estimate of drug-likeness (QED) is 0.878. The number of carbonyl (C=O) groups is 1. The van der Waals surface area contributed by atoms with Crippen molar-refractivity contribution in [1.29, 1.82) is 0 Å². The van der Waals surface area contributed by atoms with E-state index in [9.17, 15) is 4.79 Å². The Bertz CT molecular complexity index is 547. The van der Waals surface area contributed by atoms with Crippen molar-refractivity contribution < 1.29 is 19.2 Å². The van der Waals surface area contributed by atoms with Gasteiger partial charge in [-0.2, -0.15) is 0 Å². The second-order valence-electron chi connectivity index (χ2n) is 3.81. The van der Waals surface area contributed by atoms with Gasteiger partial charge in [-0.15, -0.1) is 0 Å². The third kappa shape index (κ3) is 2.88. The van der Waals surface area contributed by atoms with Crippen LogP contribution in [0, 0.1) is 0 Å². The zero-order valence-electron chi connectivity index (χ0n) is 9.92. The number of carboxylic acids is 1. The minimum Gasteiger partial charge on any atom is -0.497 e. The van der Waals surface area contributed by atoms with E-state index in [2.05, 4.69) is 5.16 Å². The van der Waals surface area contributed by atoms with Gasteiger partial charge in [0.05, 0.1) is 19.2 Å². The normalized spacial score (nSPS) is 10.3. The van der Waals surface area contributed by atoms with Crippen LogP contribution in [0.2, 0.25) is 0 Å². The van der Waals surface area contributed by atoms with E-state index in [0.29, 0.717) is 17.9 Å². The van der Waals surface area contributed by atoms with Crippen LogP contribution < -0.4 is 4.74 Å². The number of rotatable bonds is 5. The molecule has 0 spiro atoms. The number of hydrogen-bond acceptors (Lipinski definition) is 4. The maximum absolute atomic E-state index is 10.5. The van der Waals surface area contributed by atoms with Crippen LogP contribution in [0.25, 0.3) is 11.3 Å². The van der Waals surface area contributed by atoms with Crippen molar-refractivity contribution in [1.82, 2.24) is 5.16 Å². The second kappa shape index (κ2) is 5.35. The first-order valence-electron chi connectivity index (χ1n) is 5.51. The summed E-state index contributed by atoms with van der Waals surface area (Å²) in [6.07, 6.45) is 0.410. The number of benzene rings is 1. The maximum Gasteiger partial charge on any atom is 0.303 e. The minimum atomic E-state index is -0.846. The molecule has 0 saturated carbocycles.